The molecule has 0 saturated heterocycles. The summed E-state index contributed by atoms with van der Waals surface area (Å²) in [4.78, 5) is 11.2. The molecule has 0 aliphatic heterocycles. The van der Waals surface area contributed by atoms with Crippen LogP contribution in [0.3, 0.4) is 0 Å². The molecule has 3 heteroatoms. The number of nitrogens with two attached hydrogens (primary N) is 1. The van der Waals surface area contributed by atoms with Gasteiger partial charge in [-0.25, -0.2) is 0 Å². The van der Waals surface area contributed by atoms with Crippen LogP contribution in [0.25, 0.3) is 0 Å². The van der Waals surface area contributed by atoms with E-state index in [4.69, 9.17) is 5.73 Å². The lowest BCUT2D eigenvalue weighted by Crippen LogP contribution is -2.39. The van der Waals surface area contributed by atoms with Gasteiger partial charge in [-0.1, -0.05) is 80.6 Å². The third kappa shape index (κ3) is 9.78. The number of hydrogen-bond donors (Lipinski definition) is 1. The fourth-order valence-corrected chi connectivity index (χ4v) is 2.15. The number of halogens is 1. The average molecular weight is 306 g/mol. The zero-order valence-electron chi connectivity index (χ0n) is 11.4. The quantitative estimate of drug-likeness (QED) is 0.346. The van der Waals surface area contributed by atoms with Crippen LogP contribution < -0.4 is 5.73 Å². The first kappa shape index (κ1) is 17.1. The van der Waals surface area contributed by atoms with Crippen molar-refractivity contribution in [3.05, 3.63) is 0 Å². The number of hydrogen-bond acceptors (Lipinski definition) is 2. The van der Waals surface area contributed by atoms with Gasteiger partial charge in [0.25, 0.3) is 0 Å². The van der Waals surface area contributed by atoms with Gasteiger partial charge in [-0.2, -0.15) is 0 Å². The van der Waals surface area contributed by atoms with Crippen molar-refractivity contribution >= 4 is 21.7 Å². The van der Waals surface area contributed by atoms with Crippen molar-refractivity contribution in [2.24, 2.45) is 5.73 Å². The second-order valence-corrected chi connectivity index (χ2v) is 6.41. The zero-order valence-corrected chi connectivity index (χ0v) is 13.0. The highest BCUT2D eigenvalue weighted by atomic mass is 79.9. The molecule has 0 heterocycles. The Morgan fingerprint density at radius 1 is 1.00 bits per heavy atom. The third-order valence-electron chi connectivity index (χ3n) is 3.23. The maximum atomic E-state index is 11.2. The molecule has 0 aromatic rings. The molecule has 0 fully saturated rings. The molecule has 2 nitrogen and oxygen atoms in total. The number of carbonyl (C=O) groups is 1. The molecule has 0 aromatic carbocycles. The van der Waals surface area contributed by atoms with Gasteiger partial charge in [0.1, 0.15) is 4.45 Å². The topological polar surface area (TPSA) is 43.1 Å². The molecule has 0 radical (unpaired) electrons. The van der Waals surface area contributed by atoms with Crippen molar-refractivity contribution in [1.29, 1.82) is 0 Å². The maximum Gasteiger partial charge on any atom is 0.160 e. The lowest BCUT2D eigenvalue weighted by molar-refractivity contribution is -0.119. The minimum absolute atomic E-state index is 0.0251. The van der Waals surface area contributed by atoms with E-state index in [0.29, 0.717) is 0 Å². The average Bonchev–Trinajstić information content (AvgIpc) is 2.26. The number of unbranched alkanes of at least 4 members (excludes halogenated alkanes) is 8. The minimum Gasteiger partial charge on any atom is -0.310 e. The summed E-state index contributed by atoms with van der Waals surface area (Å²) < 4.78 is -0.784. The second kappa shape index (κ2) is 10.1. The van der Waals surface area contributed by atoms with Crippen molar-refractivity contribution in [1.82, 2.24) is 0 Å². The van der Waals surface area contributed by atoms with Gasteiger partial charge in [0.15, 0.2) is 5.78 Å². The molecule has 0 aromatic heterocycles. The summed E-state index contributed by atoms with van der Waals surface area (Å²) in [7, 11) is 0. The lowest BCUT2D eigenvalue weighted by Gasteiger charge is -2.18. The van der Waals surface area contributed by atoms with Gasteiger partial charge in [-0.15, -0.1) is 0 Å². The van der Waals surface area contributed by atoms with Gasteiger partial charge >= 0.3 is 0 Å². The molecule has 0 spiro atoms. The first-order valence-corrected chi connectivity index (χ1v) is 7.79. The maximum absolute atomic E-state index is 11.2. The number of rotatable bonds is 11. The fraction of sp³-hybridized carbons (Fsp3) is 0.929. The lowest BCUT2D eigenvalue weighted by atomic mass is 10.0. The van der Waals surface area contributed by atoms with Gasteiger partial charge in [0.2, 0.25) is 0 Å². The zero-order chi connectivity index (χ0) is 13.1. The Hall–Kier alpha value is 0.110. The van der Waals surface area contributed by atoms with Crippen molar-refractivity contribution in [3.63, 3.8) is 0 Å². The Labute approximate surface area is 115 Å². The molecule has 1 unspecified atom stereocenters. The first-order valence-electron chi connectivity index (χ1n) is 6.99. The van der Waals surface area contributed by atoms with Crippen LogP contribution in [-0.4, -0.2) is 10.2 Å². The van der Waals surface area contributed by atoms with Crippen molar-refractivity contribution < 1.29 is 4.79 Å². The van der Waals surface area contributed by atoms with Crippen LogP contribution in [0.2, 0.25) is 0 Å². The van der Waals surface area contributed by atoms with E-state index in [1.165, 1.54) is 51.4 Å². The monoisotopic (exact) mass is 305 g/mol. The van der Waals surface area contributed by atoms with Gasteiger partial charge in [0.05, 0.1) is 0 Å². The molecule has 0 aliphatic carbocycles. The summed E-state index contributed by atoms with van der Waals surface area (Å²) >= 11 is 3.29. The number of ketones is 1. The molecular formula is C14H28BrNO. The Morgan fingerprint density at radius 2 is 1.41 bits per heavy atom. The highest BCUT2D eigenvalue weighted by Crippen LogP contribution is 2.21. The molecule has 0 rings (SSSR count). The van der Waals surface area contributed by atoms with E-state index in [1.807, 2.05) is 0 Å². The Kier molecular flexibility index (Phi) is 10.1. The minimum atomic E-state index is -0.784. The van der Waals surface area contributed by atoms with Crippen LogP contribution in [0, 0.1) is 0 Å². The molecule has 0 amide bonds. The van der Waals surface area contributed by atoms with Gasteiger partial charge < -0.3 is 5.73 Å². The Morgan fingerprint density at radius 3 is 1.82 bits per heavy atom. The van der Waals surface area contributed by atoms with Crippen molar-refractivity contribution in [2.45, 2.75) is 82.5 Å². The van der Waals surface area contributed by atoms with Crippen LogP contribution in [0.4, 0.5) is 0 Å². The van der Waals surface area contributed by atoms with Crippen LogP contribution in [0.1, 0.15) is 78.1 Å². The van der Waals surface area contributed by atoms with Gasteiger partial charge in [-0.05, 0) is 13.3 Å². The first-order chi connectivity index (χ1) is 8.00. The Balaban J connectivity index is 3.27. The molecule has 0 bridgehead atoms. The number of alkyl halides is 1. The predicted octanol–water partition coefficient (Wildman–Crippen LogP) is 4.55. The number of carbonyl (C=O) groups excluding carboxylic acids is 1. The van der Waals surface area contributed by atoms with Crippen molar-refractivity contribution in [2.75, 3.05) is 0 Å². The standard InChI is InChI=1S/C14H28BrNO/c1-3-4-5-6-7-8-9-10-11-12-14(15,16)13(2)17/h3-12,16H2,1-2H3. The van der Waals surface area contributed by atoms with Crippen LogP contribution in [0.5, 0.6) is 0 Å². The van der Waals surface area contributed by atoms with Gasteiger partial charge in [-0.3, -0.25) is 4.79 Å². The third-order valence-corrected chi connectivity index (χ3v) is 4.18. The summed E-state index contributed by atoms with van der Waals surface area (Å²) in [6.07, 6.45) is 12.4. The molecule has 2 N–H and O–H groups in total. The number of Topliss-reactive ketones (excluding diaryl/α,β-unsaturated/α-hetero) is 1. The summed E-state index contributed by atoms with van der Waals surface area (Å²) in [5, 5.41) is 0. The SMILES string of the molecule is CCCCCCCCCCCC(N)(Br)C(C)=O. The van der Waals surface area contributed by atoms with E-state index in [0.717, 1.165) is 12.8 Å². The summed E-state index contributed by atoms with van der Waals surface area (Å²) in [6, 6.07) is 0. The second-order valence-electron chi connectivity index (χ2n) is 5.00. The fourth-order valence-electron chi connectivity index (χ4n) is 1.87. The largest absolute Gasteiger partial charge is 0.310 e. The van der Waals surface area contributed by atoms with Crippen LogP contribution in [0.15, 0.2) is 0 Å². The molecule has 17 heavy (non-hydrogen) atoms. The summed E-state index contributed by atoms with van der Waals surface area (Å²) in [5.41, 5.74) is 5.82. The van der Waals surface area contributed by atoms with E-state index in [9.17, 15) is 4.79 Å². The van der Waals surface area contributed by atoms with Crippen LogP contribution >= 0.6 is 15.9 Å². The molecular weight excluding hydrogens is 278 g/mol. The highest BCUT2D eigenvalue weighted by molar-refractivity contribution is 9.10. The van der Waals surface area contributed by atoms with E-state index in [-0.39, 0.29) is 5.78 Å². The van der Waals surface area contributed by atoms with E-state index in [1.54, 1.807) is 6.92 Å². The predicted molar refractivity (Wildman–Crippen MR) is 78.4 cm³/mol. The smallest absolute Gasteiger partial charge is 0.160 e. The molecule has 1 atom stereocenters. The summed E-state index contributed by atoms with van der Waals surface area (Å²) in [6.45, 7) is 3.79. The van der Waals surface area contributed by atoms with Gasteiger partial charge in [0, 0.05) is 0 Å². The summed E-state index contributed by atoms with van der Waals surface area (Å²) in [5.74, 6) is 0.0251. The Bertz CT molecular complexity index is 204. The molecule has 102 valence electrons. The van der Waals surface area contributed by atoms with E-state index >= 15 is 0 Å². The van der Waals surface area contributed by atoms with E-state index in [2.05, 4.69) is 22.9 Å². The van der Waals surface area contributed by atoms with E-state index < -0.39 is 4.45 Å². The highest BCUT2D eigenvalue weighted by Gasteiger charge is 2.25. The molecule has 0 saturated carbocycles. The van der Waals surface area contributed by atoms with Crippen molar-refractivity contribution in [3.8, 4) is 0 Å². The molecule has 0 aliphatic rings. The van der Waals surface area contributed by atoms with Crippen LogP contribution in [-0.2, 0) is 4.79 Å². The normalized spacial score (nSPS) is 14.6.